The number of rotatable bonds is 1. The SMILES string of the molecule is Cc1c(Cl)cccc1NC1=NC2(CCC(C)CC2)CS1. The zero-order chi connectivity index (χ0) is 14.2. The van der Waals surface area contributed by atoms with Crippen molar-refractivity contribution < 1.29 is 0 Å². The van der Waals surface area contributed by atoms with Crippen molar-refractivity contribution in [3.8, 4) is 0 Å². The van der Waals surface area contributed by atoms with Gasteiger partial charge in [-0.05, 0) is 56.2 Å². The summed E-state index contributed by atoms with van der Waals surface area (Å²) in [6.07, 6.45) is 5.10. The van der Waals surface area contributed by atoms with E-state index < -0.39 is 0 Å². The van der Waals surface area contributed by atoms with Gasteiger partial charge in [-0.3, -0.25) is 4.99 Å². The molecule has 0 bridgehead atoms. The fourth-order valence-electron chi connectivity index (χ4n) is 2.96. The number of halogens is 1. The average molecular weight is 309 g/mol. The van der Waals surface area contributed by atoms with Gasteiger partial charge in [-0.1, -0.05) is 36.4 Å². The molecule has 0 aromatic heterocycles. The summed E-state index contributed by atoms with van der Waals surface area (Å²) in [6.45, 7) is 4.40. The van der Waals surface area contributed by atoms with Crippen LogP contribution < -0.4 is 5.32 Å². The molecule has 0 radical (unpaired) electrons. The monoisotopic (exact) mass is 308 g/mol. The number of aliphatic imine (C=N–C) groups is 1. The highest BCUT2D eigenvalue weighted by atomic mass is 35.5. The lowest BCUT2D eigenvalue weighted by molar-refractivity contribution is 0.273. The molecule has 2 nitrogen and oxygen atoms in total. The Morgan fingerprint density at radius 2 is 2.10 bits per heavy atom. The van der Waals surface area contributed by atoms with Crippen LogP contribution in [0.1, 0.15) is 38.2 Å². The maximum Gasteiger partial charge on any atom is 0.161 e. The first kappa shape index (κ1) is 14.3. The predicted molar refractivity (Wildman–Crippen MR) is 90.1 cm³/mol. The summed E-state index contributed by atoms with van der Waals surface area (Å²) in [6, 6.07) is 5.98. The van der Waals surface area contributed by atoms with Gasteiger partial charge in [0.1, 0.15) is 0 Å². The Kier molecular flexibility index (Phi) is 4.00. The zero-order valence-corrected chi connectivity index (χ0v) is 13.7. The maximum atomic E-state index is 6.17. The van der Waals surface area contributed by atoms with Crippen molar-refractivity contribution in [2.75, 3.05) is 11.1 Å². The Balaban J connectivity index is 1.74. The molecule has 0 amide bonds. The Labute approximate surface area is 130 Å². The fourth-order valence-corrected chi connectivity index (χ4v) is 4.33. The van der Waals surface area contributed by atoms with Gasteiger partial charge in [-0.2, -0.15) is 0 Å². The molecule has 3 rings (SSSR count). The molecule has 1 N–H and O–H groups in total. The van der Waals surface area contributed by atoms with E-state index in [1.807, 2.05) is 30.8 Å². The molecule has 1 aromatic rings. The Bertz CT molecular complexity index is 533. The quantitative estimate of drug-likeness (QED) is 0.779. The molecular formula is C16H21ClN2S. The Morgan fingerprint density at radius 1 is 1.35 bits per heavy atom. The first-order chi connectivity index (χ1) is 9.58. The zero-order valence-electron chi connectivity index (χ0n) is 12.1. The van der Waals surface area contributed by atoms with Crippen LogP contribution in [0.15, 0.2) is 23.2 Å². The lowest BCUT2D eigenvalue weighted by Gasteiger charge is -2.32. The summed E-state index contributed by atoms with van der Waals surface area (Å²) in [5.41, 5.74) is 2.37. The second kappa shape index (κ2) is 5.61. The molecule has 0 unspecified atom stereocenters. The van der Waals surface area contributed by atoms with Gasteiger partial charge in [0, 0.05) is 16.5 Å². The van der Waals surface area contributed by atoms with E-state index in [0.717, 1.165) is 33.1 Å². The number of nitrogens with one attached hydrogen (secondary N) is 1. The van der Waals surface area contributed by atoms with Gasteiger partial charge in [-0.25, -0.2) is 0 Å². The number of benzene rings is 1. The highest BCUT2D eigenvalue weighted by Gasteiger charge is 2.38. The number of anilines is 1. The van der Waals surface area contributed by atoms with Crippen LogP contribution in [0.25, 0.3) is 0 Å². The highest BCUT2D eigenvalue weighted by molar-refractivity contribution is 8.14. The van der Waals surface area contributed by atoms with Crippen LogP contribution in [0, 0.1) is 12.8 Å². The van der Waals surface area contributed by atoms with Crippen molar-refractivity contribution >= 4 is 34.2 Å². The van der Waals surface area contributed by atoms with Crippen LogP contribution in [0.4, 0.5) is 5.69 Å². The summed E-state index contributed by atoms with van der Waals surface area (Å²) < 4.78 is 0. The van der Waals surface area contributed by atoms with Crippen molar-refractivity contribution in [2.45, 2.75) is 45.1 Å². The maximum absolute atomic E-state index is 6.17. The third-order valence-corrected chi connectivity index (χ3v) is 6.09. The third kappa shape index (κ3) is 2.84. The molecule has 4 heteroatoms. The molecule has 108 valence electrons. The van der Waals surface area contributed by atoms with E-state index >= 15 is 0 Å². The van der Waals surface area contributed by atoms with Crippen molar-refractivity contribution in [1.82, 2.24) is 0 Å². The van der Waals surface area contributed by atoms with Crippen molar-refractivity contribution in [2.24, 2.45) is 10.9 Å². The molecule has 1 aromatic carbocycles. The lowest BCUT2D eigenvalue weighted by Crippen LogP contribution is -2.32. The molecule has 0 saturated heterocycles. The molecule has 20 heavy (non-hydrogen) atoms. The van der Waals surface area contributed by atoms with Crippen LogP contribution in [-0.4, -0.2) is 16.5 Å². The van der Waals surface area contributed by atoms with E-state index in [1.54, 1.807) is 0 Å². The van der Waals surface area contributed by atoms with E-state index in [-0.39, 0.29) is 5.54 Å². The summed E-state index contributed by atoms with van der Waals surface area (Å²) >= 11 is 8.02. The molecule has 1 spiro atoms. The Morgan fingerprint density at radius 3 is 2.85 bits per heavy atom. The van der Waals surface area contributed by atoms with Crippen LogP contribution >= 0.6 is 23.4 Å². The highest BCUT2D eigenvalue weighted by Crippen LogP contribution is 2.41. The number of amidine groups is 1. The van der Waals surface area contributed by atoms with Crippen LogP contribution in [0.2, 0.25) is 5.02 Å². The van der Waals surface area contributed by atoms with Gasteiger partial charge in [0.15, 0.2) is 5.17 Å². The summed E-state index contributed by atoms with van der Waals surface area (Å²) in [4.78, 5) is 5.00. The third-order valence-electron chi connectivity index (χ3n) is 4.53. The molecule has 1 heterocycles. The number of thioether (sulfide) groups is 1. The second-order valence-electron chi connectivity index (χ2n) is 6.15. The number of hydrogen-bond acceptors (Lipinski definition) is 3. The summed E-state index contributed by atoms with van der Waals surface area (Å²) in [5, 5.41) is 5.33. The number of hydrogen-bond donors (Lipinski definition) is 1. The van der Waals surface area contributed by atoms with E-state index in [1.165, 1.54) is 25.7 Å². The summed E-state index contributed by atoms with van der Waals surface area (Å²) in [7, 11) is 0. The van der Waals surface area contributed by atoms with Gasteiger partial charge in [0.05, 0.1) is 5.54 Å². The van der Waals surface area contributed by atoms with E-state index in [2.05, 4.69) is 18.3 Å². The smallest absolute Gasteiger partial charge is 0.161 e. The van der Waals surface area contributed by atoms with Gasteiger partial charge in [0.25, 0.3) is 0 Å². The van der Waals surface area contributed by atoms with Crippen LogP contribution in [0.5, 0.6) is 0 Å². The van der Waals surface area contributed by atoms with Crippen LogP contribution in [0.3, 0.4) is 0 Å². The molecule has 1 aliphatic carbocycles. The summed E-state index contributed by atoms with van der Waals surface area (Å²) in [5.74, 6) is 2.00. The largest absolute Gasteiger partial charge is 0.335 e. The van der Waals surface area contributed by atoms with Gasteiger partial charge in [0.2, 0.25) is 0 Å². The predicted octanol–water partition coefficient (Wildman–Crippen LogP) is 5.11. The van der Waals surface area contributed by atoms with E-state index in [4.69, 9.17) is 16.6 Å². The Hall–Kier alpha value is -0.670. The first-order valence-electron chi connectivity index (χ1n) is 7.33. The van der Waals surface area contributed by atoms with Gasteiger partial charge < -0.3 is 5.32 Å². The molecule has 1 saturated carbocycles. The number of nitrogens with zero attached hydrogens (tertiary/aromatic N) is 1. The van der Waals surface area contributed by atoms with Crippen molar-refractivity contribution in [3.05, 3.63) is 28.8 Å². The minimum Gasteiger partial charge on any atom is -0.335 e. The van der Waals surface area contributed by atoms with Gasteiger partial charge in [-0.15, -0.1) is 0 Å². The molecule has 1 fully saturated rings. The molecule has 1 aliphatic heterocycles. The van der Waals surface area contributed by atoms with Crippen molar-refractivity contribution in [3.63, 3.8) is 0 Å². The minimum atomic E-state index is 0.200. The average Bonchev–Trinajstić information content (AvgIpc) is 2.82. The normalized spacial score (nSPS) is 29.6. The van der Waals surface area contributed by atoms with Crippen LogP contribution in [-0.2, 0) is 0 Å². The molecular weight excluding hydrogens is 288 g/mol. The fraction of sp³-hybridized carbons (Fsp3) is 0.562. The van der Waals surface area contributed by atoms with E-state index in [9.17, 15) is 0 Å². The second-order valence-corrected chi connectivity index (χ2v) is 7.52. The molecule has 2 aliphatic rings. The van der Waals surface area contributed by atoms with E-state index in [0.29, 0.717) is 0 Å². The lowest BCUT2D eigenvalue weighted by atomic mass is 9.79. The minimum absolute atomic E-state index is 0.200. The van der Waals surface area contributed by atoms with Crippen molar-refractivity contribution in [1.29, 1.82) is 0 Å². The standard InChI is InChI=1S/C16H21ClN2S/c1-11-6-8-16(9-7-11)10-20-15(19-16)18-14-5-3-4-13(17)12(14)2/h3-5,11H,6-10H2,1-2H3,(H,18,19). The topological polar surface area (TPSA) is 24.4 Å². The first-order valence-corrected chi connectivity index (χ1v) is 8.69. The molecule has 0 atom stereocenters. The van der Waals surface area contributed by atoms with Gasteiger partial charge >= 0.3 is 0 Å².